The summed E-state index contributed by atoms with van der Waals surface area (Å²) >= 11 is 0. The largest absolute Gasteiger partial charge is 0.418 e. The van der Waals surface area contributed by atoms with E-state index in [0.29, 0.717) is 26.1 Å². The number of rotatable bonds is 3. The molecule has 160 valence electrons. The number of hydrogen-bond donors (Lipinski definition) is 0. The molecular formula is C22H20F3N5O. The van der Waals surface area contributed by atoms with Gasteiger partial charge in [0.25, 0.3) is 0 Å². The van der Waals surface area contributed by atoms with Gasteiger partial charge in [-0.25, -0.2) is 0 Å². The van der Waals surface area contributed by atoms with E-state index in [0.717, 1.165) is 23.3 Å². The molecule has 0 bridgehead atoms. The quantitative estimate of drug-likeness (QED) is 0.641. The Morgan fingerprint density at radius 3 is 2.42 bits per heavy atom. The van der Waals surface area contributed by atoms with Gasteiger partial charge in [-0.05, 0) is 18.6 Å². The van der Waals surface area contributed by atoms with E-state index in [-0.39, 0.29) is 18.1 Å². The van der Waals surface area contributed by atoms with Crippen LogP contribution in [-0.4, -0.2) is 44.7 Å². The van der Waals surface area contributed by atoms with Gasteiger partial charge in [0.05, 0.1) is 23.8 Å². The van der Waals surface area contributed by atoms with E-state index in [1.165, 1.54) is 23.1 Å². The van der Waals surface area contributed by atoms with Crippen LogP contribution in [-0.2, 0) is 24.1 Å². The Kier molecular flexibility index (Phi) is 4.77. The van der Waals surface area contributed by atoms with Crippen LogP contribution in [0.1, 0.15) is 17.8 Å². The predicted octanol–water partition coefficient (Wildman–Crippen LogP) is 3.59. The highest BCUT2D eigenvalue weighted by molar-refractivity contribution is 6.00. The molecule has 0 spiro atoms. The van der Waals surface area contributed by atoms with Crippen molar-refractivity contribution in [3.63, 3.8) is 0 Å². The predicted molar refractivity (Wildman–Crippen MR) is 108 cm³/mol. The van der Waals surface area contributed by atoms with Gasteiger partial charge in [0.2, 0.25) is 5.91 Å². The second-order valence-electron chi connectivity index (χ2n) is 7.74. The molecule has 1 fully saturated rings. The molecule has 1 atom stereocenters. The average Bonchev–Trinajstić information content (AvgIpc) is 3.36. The number of benzene rings is 2. The standard InChI is InChI=1S/C22H20F3N5O/c23-22(24,25)16-8-4-5-9-17(16)29-11-10-18(21(29)31)28-12-13-30-19(14-28)26-27-20(30)15-6-2-1-3-7-15/h1-9,18H,10-14H2. The van der Waals surface area contributed by atoms with Crippen molar-refractivity contribution in [2.75, 3.05) is 18.0 Å². The van der Waals surface area contributed by atoms with Crippen molar-refractivity contribution < 1.29 is 18.0 Å². The summed E-state index contributed by atoms with van der Waals surface area (Å²) in [6, 6.07) is 14.5. The average molecular weight is 427 g/mol. The molecule has 6 nitrogen and oxygen atoms in total. The van der Waals surface area contributed by atoms with Gasteiger partial charge >= 0.3 is 6.18 Å². The van der Waals surface area contributed by atoms with Crippen LogP contribution in [0.15, 0.2) is 54.6 Å². The first-order valence-electron chi connectivity index (χ1n) is 10.1. The maximum Gasteiger partial charge on any atom is 0.418 e. The first kappa shape index (κ1) is 19.7. The third-order valence-corrected chi connectivity index (χ3v) is 5.93. The van der Waals surface area contributed by atoms with Gasteiger partial charge < -0.3 is 9.47 Å². The molecule has 1 amide bonds. The van der Waals surface area contributed by atoms with E-state index in [9.17, 15) is 18.0 Å². The molecule has 0 N–H and O–H groups in total. The fourth-order valence-electron chi connectivity index (χ4n) is 4.43. The summed E-state index contributed by atoms with van der Waals surface area (Å²) in [6.45, 7) is 1.92. The third-order valence-electron chi connectivity index (χ3n) is 5.93. The van der Waals surface area contributed by atoms with Crippen molar-refractivity contribution >= 4 is 11.6 Å². The van der Waals surface area contributed by atoms with E-state index >= 15 is 0 Å². The molecule has 0 aliphatic carbocycles. The number of amides is 1. The lowest BCUT2D eigenvalue weighted by Crippen LogP contribution is -2.46. The fourth-order valence-corrected chi connectivity index (χ4v) is 4.43. The minimum absolute atomic E-state index is 0.0750. The van der Waals surface area contributed by atoms with Gasteiger partial charge in [0, 0.05) is 25.2 Å². The smallest absolute Gasteiger partial charge is 0.310 e. The Morgan fingerprint density at radius 1 is 0.903 bits per heavy atom. The summed E-state index contributed by atoms with van der Waals surface area (Å²) in [4.78, 5) is 16.4. The fraction of sp³-hybridized carbons (Fsp3) is 0.318. The molecule has 0 saturated carbocycles. The number of fused-ring (bicyclic) bond motifs is 1. The Morgan fingerprint density at radius 2 is 1.65 bits per heavy atom. The van der Waals surface area contributed by atoms with Crippen molar-refractivity contribution in [1.29, 1.82) is 0 Å². The van der Waals surface area contributed by atoms with E-state index in [4.69, 9.17) is 0 Å². The number of aromatic nitrogens is 3. The van der Waals surface area contributed by atoms with Crippen LogP contribution in [0.4, 0.5) is 18.9 Å². The molecule has 2 aliphatic rings. The molecular weight excluding hydrogens is 407 g/mol. The van der Waals surface area contributed by atoms with E-state index < -0.39 is 17.8 Å². The van der Waals surface area contributed by atoms with Crippen LogP contribution < -0.4 is 4.90 Å². The minimum Gasteiger partial charge on any atom is -0.310 e. The summed E-state index contributed by atoms with van der Waals surface area (Å²) in [5, 5.41) is 8.62. The van der Waals surface area contributed by atoms with Crippen LogP contribution in [0.25, 0.3) is 11.4 Å². The van der Waals surface area contributed by atoms with Crippen molar-refractivity contribution in [3.8, 4) is 11.4 Å². The highest BCUT2D eigenvalue weighted by atomic mass is 19.4. The molecule has 31 heavy (non-hydrogen) atoms. The summed E-state index contributed by atoms with van der Waals surface area (Å²) in [5.74, 6) is 1.24. The molecule has 0 radical (unpaired) electrons. The van der Waals surface area contributed by atoms with Crippen LogP contribution in [0.2, 0.25) is 0 Å². The summed E-state index contributed by atoms with van der Waals surface area (Å²) in [7, 11) is 0. The summed E-state index contributed by atoms with van der Waals surface area (Å²) in [5.41, 5.74) is 0.116. The zero-order valence-electron chi connectivity index (χ0n) is 16.6. The normalized spacial score (nSPS) is 19.6. The zero-order chi connectivity index (χ0) is 21.6. The SMILES string of the molecule is O=C1C(N2CCn3c(nnc3-c3ccccc3)C2)CCN1c1ccccc1C(F)(F)F. The van der Waals surface area contributed by atoms with Crippen molar-refractivity contribution in [1.82, 2.24) is 19.7 Å². The number of hydrogen-bond acceptors (Lipinski definition) is 4. The van der Waals surface area contributed by atoms with Crippen LogP contribution >= 0.6 is 0 Å². The van der Waals surface area contributed by atoms with E-state index in [1.54, 1.807) is 0 Å². The van der Waals surface area contributed by atoms with Gasteiger partial charge in [-0.15, -0.1) is 10.2 Å². The van der Waals surface area contributed by atoms with Gasteiger partial charge in [-0.3, -0.25) is 9.69 Å². The van der Waals surface area contributed by atoms with Crippen LogP contribution in [0.5, 0.6) is 0 Å². The number of para-hydroxylation sites is 1. The van der Waals surface area contributed by atoms with Crippen LogP contribution in [0.3, 0.4) is 0 Å². The molecule has 9 heteroatoms. The zero-order valence-corrected chi connectivity index (χ0v) is 16.6. The Balaban J connectivity index is 1.36. The lowest BCUT2D eigenvalue weighted by Gasteiger charge is -2.32. The maximum absolute atomic E-state index is 13.4. The Hall–Kier alpha value is -3.20. The van der Waals surface area contributed by atoms with Gasteiger partial charge in [0.15, 0.2) is 5.82 Å². The molecule has 2 aliphatic heterocycles. The van der Waals surface area contributed by atoms with Gasteiger partial charge in [0.1, 0.15) is 5.82 Å². The van der Waals surface area contributed by atoms with Crippen molar-refractivity contribution in [3.05, 3.63) is 66.0 Å². The topological polar surface area (TPSA) is 54.3 Å². The first-order chi connectivity index (χ1) is 14.9. The van der Waals surface area contributed by atoms with Crippen molar-refractivity contribution in [2.45, 2.75) is 31.7 Å². The lowest BCUT2D eigenvalue weighted by atomic mass is 10.1. The van der Waals surface area contributed by atoms with E-state index in [2.05, 4.69) is 10.2 Å². The summed E-state index contributed by atoms with van der Waals surface area (Å²) in [6.07, 6.45) is -4.03. The molecule has 2 aromatic carbocycles. The van der Waals surface area contributed by atoms with Gasteiger partial charge in [-0.2, -0.15) is 13.2 Å². The lowest BCUT2D eigenvalue weighted by molar-refractivity contribution is -0.137. The molecule has 3 heterocycles. The third kappa shape index (κ3) is 3.48. The molecule has 1 saturated heterocycles. The van der Waals surface area contributed by atoms with E-state index in [1.807, 2.05) is 39.8 Å². The maximum atomic E-state index is 13.4. The highest BCUT2D eigenvalue weighted by Crippen LogP contribution is 2.38. The molecule has 1 aromatic heterocycles. The van der Waals surface area contributed by atoms with Crippen molar-refractivity contribution in [2.24, 2.45) is 0 Å². The number of carbonyl (C=O) groups is 1. The molecule has 1 unspecified atom stereocenters. The number of alkyl halides is 3. The Labute approximate surface area is 176 Å². The number of anilines is 1. The molecule has 3 aromatic rings. The number of halogens is 3. The monoisotopic (exact) mass is 427 g/mol. The summed E-state index contributed by atoms with van der Waals surface area (Å²) < 4.78 is 42.3. The second kappa shape index (κ2) is 7.49. The highest BCUT2D eigenvalue weighted by Gasteiger charge is 2.42. The minimum atomic E-state index is -4.51. The number of carbonyl (C=O) groups excluding carboxylic acids is 1. The second-order valence-corrected chi connectivity index (χ2v) is 7.74. The Bertz CT molecular complexity index is 1110. The molecule has 5 rings (SSSR count). The van der Waals surface area contributed by atoms with Crippen LogP contribution in [0, 0.1) is 0 Å². The van der Waals surface area contributed by atoms with Gasteiger partial charge in [-0.1, -0.05) is 42.5 Å². The number of nitrogens with zero attached hydrogens (tertiary/aromatic N) is 5. The first-order valence-corrected chi connectivity index (χ1v) is 10.1.